The molecule has 0 heterocycles. The van der Waals surface area contributed by atoms with Gasteiger partial charge in [0.15, 0.2) is 0 Å². The fourth-order valence-corrected chi connectivity index (χ4v) is 1.75. The molecule has 0 rings (SSSR count). The highest BCUT2D eigenvalue weighted by Crippen LogP contribution is 2.14. The van der Waals surface area contributed by atoms with E-state index in [1.54, 1.807) is 0 Å². The number of rotatable bonds is 6. The quantitative estimate of drug-likeness (QED) is 0.617. The van der Waals surface area contributed by atoms with Gasteiger partial charge in [0.05, 0.1) is 0 Å². The van der Waals surface area contributed by atoms with Gasteiger partial charge in [0.25, 0.3) is 0 Å². The molecule has 2 atom stereocenters. The highest BCUT2D eigenvalue weighted by molar-refractivity contribution is 6.18. The van der Waals surface area contributed by atoms with E-state index < -0.39 is 0 Å². The van der Waals surface area contributed by atoms with Gasteiger partial charge < -0.3 is 0 Å². The Bertz CT molecular complexity index is 122. The second-order valence-electron chi connectivity index (χ2n) is 3.16. The molecule has 0 aliphatic heterocycles. The summed E-state index contributed by atoms with van der Waals surface area (Å²) in [6.45, 7) is 3.85. The molecule has 0 radical (unpaired) electrons. The number of alkyl halides is 2. The van der Waals surface area contributed by atoms with Crippen molar-refractivity contribution in [1.82, 2.24) is 0 Å². The van der Waals surface area contributed by atoms with E-state index in [1.807, 2.05) is 13.8 Å². The summed E-state index contributed by atoms with van der Waals surface area (Å²) in [5, 5.41) is 0. The number of carbonyl (C=O) groups is 1. The minimum absolute atomic E-state index is 0.0840. The van der Waals surface area contributed by atoms with Crippen molar-refractivity contribution in [1.29, 1.82) is 0 Å². The Morgan fingerprint density at radius 2 is 1.42 bits per heavy atom. The van der Waals surface area contributed by atoms with Gasteiger partial charge in [0.2, 0.25) is 0 Å². The molecule has 2 unspecified atom stereocenters. The Morgan fingerprint density at radius 1 is 1.08 bits per heavy atom. The van der Waals surface area contributed by atoms with Gasteiger partial charge in [0, 0.05) is 23.6 Å². The summed E-state index contributed by atoms with van der Waals surface area (Å²) in [7, 11) is 0. The van der Waals surface area contributed by atoms with Crippen LogP contribution in [0.3, 0.4) is 0 Å². The molecule has 0 N–H and O–H groups in total. The smallest absolute Gasteiger partial charge is 0.138 e. The summed E-state index contributed by atoms with van der Waals surface area (Å²) in [6.07, 6.45) is 1.54. The first kappa shape index (κ1) is 12.2. The average molecular weight is 211 g/mol. The van der Waals surface area contributed by atoms with E-state index in [1.165, 1.54) is 0 Å². The zero-order chi connectivity index (χ0) is 9.56. The van der Waals surface area contributed by atoms with Crippen LogP contribution in [0.2, 0.25) is 0 Å². The Kier molecular flexibility index (Phi) is 6.87. The maximum absolute atomic E-state index is 11.5. The lowest BCUT2D eigenvalue weighted by Gasteiger charge is -2.13. The summed E-state index contributed by atoms with van der Waals surface area (Å²) in [5.74, 6) is 1.57. The van der Waals surface area contributed by atoms with Crippen molar-refractivity contribution in [3.05, 3.63) is 0 Å². The van der Waals surface area contributed by atoms with Gasteiger partial charge in [0.1, 0.15) is 5.78 Å². The van der Waals surface area contributed by atoms with Gasteiger partial charge in [-0.05, 0) is 12.8 Å². The Morgan fingerprint density at radius 3 is 1.67 bits per heavy atom. The highest BCUT2D eigenvalue weighted by atomic mass is 35.5. The summed E-state index contributed by atoms with van der Waals surface area (Å²) in [4.78, 5) is 11.5. The summed E-state index contributed by atoms with van der Waals surface area (Å²) in [5.41, 5.74) is 0. The van der Waals surface area contributed by atoms with Gasteiger partial charge in [-0.25, -0.2) is 0 Å². The van der Waals surface area contributed by atoms with Crippen molar-refractivity contribution in [3.8, 4) is 0 Å². The zero-order valence-electron chi connectivity index (χ0n) is 7.65. The number of hydrogen-bond donors (Lipinski definition) is 0. The molecule has 0 amide bonds. The van der Waals surface area contributed by atoms with E-state index in [4.69, 9.17) is 23.2 Å². The van der Waals surface area contributed by atoms with Crippen molar-refractivity contribution >= 4 is 29.0 Å². The number of halogens is 2. The normalized spacial score (nSPS) is 15.7. The van der Waals surface area contributed by atoms with Gasteiger partial charge in [-0.1, -0.05) is 13.8 Å². The molecule has 0 fully saturated rings. The fourth-order valence-electron chi connectivity index (χ4n) is 1.10. The number of carbonyl (C=O) groups excluding carboxylic acids is 1. The molecule has 0 aliphatic rings. The van der Waals surface area contributed by atoms with Crippen LogP contribution in [0.15, 0.2) is 0 Å². The molecule has 0 aromatic heterocycles. The molecule has 0 spiro atoms. The van der Waals surface area contributed by atoms with E-state index in [9.17, 15) is 4.79 Å². The van der Waals surface area contributed by atoms with Crippen molar-refractivity contribution in [2.75, 3.05) is 11.8 Å². The average Bonchev–Trinajstić information content (AvgIpc) is 2.04. The lowest BCUT2D eigenvalue weighted by molar-refractivity contribution is -0.125. The summed E-state index contributed by atoms with van der Waals surface area (Å²) >= 11 is 11.1. The van der Waals surface area contributed by atoms with Crippen LogP contribution >= 0.6 is 23.2 Å². The van der Waals surface area contributed by atoms with Gasteiger partial charge in [-0.15, -0.1) is 23.2 Å². The van der Waals surface area contributed by atoms with Crippen molar-refractivity contribution < 1.29 is 4.79 Å². The minimum atomic E-state index is 0.0840. The van der Waals surface area contributed by atoms with E-state index in [0.717, 1.165) is 12.8 Å². The number of hydrogen-bond acceptors (Lipinski definition) is 1. The standard InChI is InChI=1S/C9H16Cl2O/c1-7(3-5-10)9(12)8(2)4-6-11/h7-8H,3-6H2,1-2H3. The van der Waals surface area contributed by atoms with Crippen LogP contribution in [0, 0.1) is 11.8 Å². The fraction of sp³-hybridized carbons (Fsp3) is 0.889. The first-order valence-electron chi connectivity index (χ1n) is 4.29. The molecule has 0 bridgehead atoms. The van der Waals surface area contributed by atoms with Crippen molar-refractivity contribution in [2.24, 2.45) is 11.8 Å². The third-order valence-corrected chi connectivity index (χ3v) is 2.49. The maximum atomic E-state index is 11.5. The first-order chi connectivity index (χ1) is 5.63. The van der Waals surface area contributed by atoms with E-state index in [0.29, 0.717) is 11.8 Å². The topological polar surface area (TPSA) is 17.1 Å². The zero-order valence-corrected chi connectivity index (χ0v) is 9.16. The Hall–Kier alpha value is 0.250. The lowest BCUT2D eigenvalue weighted by atomic mass is 9.92. The second kappa shape index (κ2) is 6.73. The molecule has 0 aromatic rings. The summed E-state index contributed by atoms with van der Waals surface area (Å²) in [6, 6.07) is 0. The molecule has 0 aromatic carbocycles. The van der Waals surface area contributed by atoms with E-state index in [2.05, 4.69) is 0 Å². The van der Waals surface area contributed by atoms with Crippen LogP contribution in [0.1, 0.15) is 26.7 Å². The van der Waals surface area contributed by atoms with Gasteiger partial charge in [-0.3, -0.25) is 4.79 Å². The van der Waals surface area contributed by atoms with Crippen molar-refractivity contribution in [3.63, 3.8) is 0 Å². The molecule has 12 heavy (non-hydrogen) atoms. The lowest BCUT2D eigenvalue weighted by Crippen LogP contribution is -2.20. The second-order valence-corrected chi connectivity index (χ2v) is 3.92. The van der Waals surface area contributed by atoms with Crippen LogP contribution in [0.4, 0.5) is 0 Å². The van der Waals surface area contributed by atoms with Gasteiger partial charge >= 0.3 is 0 Å². The molecule has 72 valence electrons. The Balaban J connectivity index is 3.82. The van der Waals surface area contributed by atoms with Gasteiger partial charge in [-0.2, -0.15) is 0 Å². The predicted molar refractivity (Wildman–Crippen MR) is 54.0 cm³/mol. The molecular formula is C9H16Cl2O. The van der Waals surface area contributed by atoms with Crippen LogP contribution in [-0.2, 0) is 4.79 Å². The largest absolute Gasteiger partial charge is 0.299 e. The molecule has 0 aliphatic carbocycles. The molecule has 3 heteroatoms. The number of Topliss-reactive ketones (excluding diaryl/α,β-unsaturated/α-hetero) is 1. The third-order valence-electron chi connectivity index (χ3n) is 2.06. The minimum Gasteiger partial charge on any atom is -0.299 e. The maximum Gasteiger partial charge on any atom is 0.138 e. The first-order valence-corrected chi connectivity index (χ1v) is 5.36. The molecule has 1 nitrogen and oxygen atoms in total. The van der Waals surface area contributed by atoms with Crippen LogP contribution in [-0.4, -0.2) is 17.5 Å². The molecular weight excluding hydrogens is 195 g/mol. The van der Waals surface area contributed by atoms with Crippen LogP contribution < -0.4 is 0 Å². The molecule has 0 saturated heterocycles. The van der Waals surface area contributed by atoms with Crippen LogP contribution in [0.5, 0.6) is 0 Å². The van der Waals surface area contributed by atoms with E-state index in [-0.39, 0.29) is 17.6 Å². The van der Waals surface area contributed by atoms with E-state index >= 15 is 0 Å². The van der Waals surface area contributed by atoms with Crippen molar-refractivity contribution in [2.45, 2.75) is 26.7 Å². The summed E-state index contributed by atoms with van der Waals surface area (Å²) < 4.78 is 0. The highest BCUT2D eigenvalue weighted by Gasteiger charge is 2.18. The SMILES string of the molecule is CC(CCCl)C(=O)C(C)CCCl. The van der Waals surface area contributed by atoms with Crippen LogP contribution in [0.25, 0.3) is 0 Å². The third kappa shape index (κ3) is 4.32. The predicted octanol–water partition coefficient (Wildman–Crippen LogP) is 3.09. The molecule has 0 saturated carbocycles. The number of ketones is 1. The Labute approximate surface area is 84.4 Å². The monoisotopic (exact) mass is 210 g/mol.